The molecular weight excluding hydrogens is 516 g/mol. The van der Waals surface area contributed by atoms with Gasteiger partial charge < -0.3 is 10.1 Å². The zero-order chi connectivity index (χ0) is 30.1. The van der Waals surface area contributed by atoms with E-state index in [1.54, 1.807) is 0 Å². The van der Waals surface area contributed by atoms with Crippen LogP contribution in [0.15, 0.2) is 78.9 Å². The summed E-state index contributed by atoms with van der Waals surface area (Å²) in [4.78, 5) is 13.1. The van der Waals surface area contributed by atoms with Gasteiger partial charge in [-0.05, 0) is 40.0 Å². The van der Waals surface area contributed by atoms with Crippen LogP contribution in [0.4, 0.5) is 0 Å². The molecule has 0 amide bonds. The summed E-state index contributed by atoms with van der Waals surface area (Å²) in [5.74, 6) is 0.810. The highest BCUT2D eigenvalue weighted by Gasteiger charge is 2.29. The highest BCUT2D eigenvalue weighted by Crippen LogP contribution is 2.34. The second kappa shape index (κ2) is 12.2. The van der Waals surface area contributed by atoms with Crippen LogP contribution in [0.5, 0.6) is 0 Å². The monoisotopic (exact) mass is 564 g/mol. The summed E-state index contributed by atoms with van der Waals surface area (Å²) in [5.41, 5.74) is 8.34. The van der Waals surface area contributed by atoms with Crippen molar-refractivity contribution in [3.05, 3.63) is 113 Å². The van der Waals surface area contributed by atoms with Crippen molar-refractivity contribution in [2.75, 3.05) is 32.7 Å². The lowest BCUT2D eigenvalue weighted by atomic mass is 9.84. The Morgan fingerprint density at radius 2 is 1.24 bits per heavy atom. The zero-order valence-electron chi connectivity index (χ0n) is 26.5. The lowest BCUT2D eigenvalue weighted by molar-refractivity contribution is 0.0606. The van der Waals surface area contributed by atoms with E-state index in [2.05, 4.69) is 105 Å². The van der Waals surface area contributed by atoms with Gasteiger partial charge in [-0.25, -0.2) is 4.98 Å². The summed E-state index contributed by atoms with van der Waals surface area (Å²) in [6.07, 6.45) is -0.629. The van der Waals surface area contributed by atoms with Crippen LogP contribution in [0.25, 0.3) is 11.4 Å². The molecule has 5 nitrogen and oxygen atoms in total. The smallest absolute Gasteiger partial charge is 0.137 e. The van der Waals surface area contributed by atoms with Crippen LogP contribution >= 0.6 is 0 Å². The summed E-state index contributed by atoms with van der Waals surface area (Å²) in [5, 5.41) is 11.2. The van der Waals surface area contributed by atoms with Crippen molar-refractivity contribution < 1.29 is 5.11 Å². The SMILES string of the molecule is Cc1[nH]c(-c2ccccc2)nc1C(O)CN1CCN(C(c2ccc(C(C)(C)C)cc2)c2ccc(C(C)(C)C)cc2)CC1. The number of piperazine rings is 1. The Kier molecular flexibility index (Phi) is 8.75. The van der Waals surface area contributed by atoms with Gasteiger partial charge in [-0.2, -0.15) is 0 Å². The predicted octanol–water partition coefficient (Wildman–Crippen LogP) is 7.42. The number of imidazole rings is 1. The van der Waals surface area contributed by atoms with Crippen LogP contribution in [-0.2, 0) is 10.8 Å². The minimum Gasteiger partial charge on any atom is -0.385 e. The third-order valence-electron chi connectivity index (χ3n) is 8.67. The number of hydrogen-bond acceptors (Lipinski definition) is 4. The van der Waals surface area contributed by atoms with Crippen molar-refractivity contribution in [3.8, 4) is 11.4 Å². The standard InChI is InChI=1S/C37H48N4O/c1-26-33(39-35(38-26)29-11-9-8-10-12-29)32(42)25-40-21-23-41(24-22-40)34(27-13-17-30(18-14-27)36(2,3)4)28-15-19-31(20-16-28)37(5,6)7/h8-20,32,34,42H,21-25H2,1-7H3,(H,38,39). The van der Waals surface area contributed by atoms with E-state index in [-0.39, 0.29) is 16.9 Å². The Hall–Kier alpha value is -3.25. The molecule has 0 spiro atoms. The molecule has 1 aromatic heterocycles. The van der Waals surface area contributed by atoms with Crippen LogP contribution < -0.4 is 0 Å². The molecule has 3 aromatic carbocycles. The molecule has 0 saturated carbocycles. The van der Waals surface area contributed by atoms with E-state index in [9.17, 15) is 5.11 Å². The minimum absolute atomic E-state index is 0.128. The van der Waals surface area contributed by atoms with E-state index >= 15 is 0 Å². The van der Waals surface area contributed by atoms with Crippen molar-refractivity contribution in [2.45, 2.75) is 71.4 Å². The Balaban J connectivity index is 1.31. The molecule has 1 saturated heterocycles. The molecule has 5 rings (SSSR count). The van der Waals surface area contributed by atoms with Gasteiger partial charge in [-0.15, -0.1) is 0 Å². The molecule has 2 N–H and O–H groups in total. The van der Waals surface area contributed by atoms with Gasteiger partial charge in [-0.1, -0.05) is 120 Å². The van der Waals surface area contributed by atoms with Gasteiger partial charge in [0.15, 0.2) is 0 Å². The third-order valence-corrected chi connectivity index (χ3v) is 8.67. The second-order valence-electron chi connectivity index (χ2n) is 14.0. The van der Waals surface area contributed by atoms with Crippen LogP contribution in [0, 0.1) is 6.92 Å². The van der Waals surface area contributed by atoms with Crippen LogP contribution in [0.1, 0.15) is 87.3 Å². The first-order valence-electron chi connectivity index (χ1n) is 15.4. The van der Waals surface area contributed by atoms with E-state index in [0.29, 0.717) is 6.54 Å². The molecule has 1 aliphatic heterocycles. The largest absolute Gasteiger partial charge is 0.385 e. The maximum Gasteiger partial charge on any atom is 0.137 e. The molecule has 0 bridgehead atoms. The number of aromatic amines is 1. The summed E-state index contributed by atoms with van der Waals surface area (Å²) in [6, 6.07) is 28.8. The molecule has 1 fully saturated rings. The zero-order valence-corrected chi connectivity index (χ0v) is 26.5. The Labute approximate surface area is 252 Å². The quantitative estimate of drug-likeness (QED) is 0.245. The molecule has 0 radical (unpaired) electrons. The molecule has 42 heavy (non-hydrogen) atoms. The van der Waals surface area contributed by atoms with Gasteiger partial charge in [0.1, 0.15) is 11.9 Å². The van der Waals surface area contributed by atoms with E-state index in [0.717, 1.165) is 49.0 Å². The van der Waals surface area contributed by atoms with Gasteiger partial charge in [0.05, 0.1) is 11.7 Å². The molecular formula is C37H48N4O. The summed E-state index contributed by atoms with van der Waals surface area (Å²) < 4.78 is 0. The average Bonchev–Trinajstić information content (AvgIpc) is 3.36. The number of aryl methyl sites for hydroxylation is 1. The average molecular weight is 565 g/mol. The highest BCUT2D eigenvalue weighted by molar-refractivity contribution is 5.55. The molecule has 1 atom stereocenters. The first kappa shape index (κ1) is 30.2. The number of β-amino-alcohol motifs (C(OH)–C–C–N with tert-alkyl or cyclic N) is 1. The molecule has 5 heteroatoms. The van der Waals surface area contributed by atoms with Gasteiger partial charge in [-0.3, -0.25) is 9.80 Å². The summed E-state index contributed by atoms with van der Waals surface area (Å²) in [6.45, 7) is 19.9. The lowest BCUT2D eigenvalue weighted by Crippen LogP contribution is -2.48. The van der Waals surface area contributed by atoms with E-state index < -0.39 is 6.10 Å². The van der Waals surface area contributed by atoms with Crippen molar-refractivity contribution >= 4 is 0 Å². The van der Waals surface area contributed by atoms with E-state index in [1.165, 1.54) is 22.3 Å². The number of hydrogen-bond donors (Lipinski definition) is 2. The van der Waals surface area contributed by atoms with Gasteiger partial charge in [0.2, 0.25) is 0 Å². The van der Waals surface area contributed by atoms with Crippen molar-refractivity contribution in [1.29, 1.82) is 0 Å². The fourth-order valence-electron chi connectivity index (χ4n) is 6.01. The normalized spacial score (nSPS) is 16.2. The van der Waals surface area contributed by atoms with Crippen molar-refractivity contribution in [3.63, 3.8) is 0 Å². The number of aliphatic hydroxyl groups is 1. The molecule has 2 heterocycles. The van der Waals surface area contributed by atoms with Gasteiger partial charge in [0, 0.05) is 44.0 Å². The van der Waals surface area contributed by atoms with Crippen LogP contribution in [0.3, 0.4) is 0 Å². The van der Waals surface area contributed by atoms with Crippen molar-refractivity contribution in [2.24, 2.45) is 0 Å². The fourth-order valence-corrected chi connectivity index (χ4v) is 6.01. The lowest BCUT2D eigenvalue weighted by Gasteiger charge is -2.40. The van der Waals surface area contributed by atoms with Crippen LogP contribution in [0.2, 0.25) is 0 Å². The minimum atomic E-state index is -0.629. The highest BCUT2D eigenvalue weighted by atomic mass is 16.3. The topological polar surface area (TPSA) is 55.4 Å². The third kappa shape index (κ3) is 6.86. The Morgan fingerprint density at radius 3 is 1.71 bits per heavy atom. The summed E-state index contributed by atoms with van der Waals surface area (Å²) >= 11 is 0. The molecule has 1 unspecified atom stereocenters. The number of benzene rings is 3. The Bertz CT molecular complexity index is 1380. The van der Waals surface area contributed by atoms with Gasteiger partial charge >= 0.3 is 0 Å². The summed E-state index contributed by atoms with van der Waals surface area (Å²) in [7, 11) is 0. The number of H-pyrrole nitrogens is 1. The van der Waals surface area contributed by atoms with Gasteiger partial charge in [0.25, 0.3) is 0 Å². The van der Waals surface area contributed by atoms with E-state index in [4.69, 9.17) is 4.98 Å². The maximum absolute atomic E-state index is 11.2. The predicted molar refractivity (Wildman–Crippen MR) is 174 cm³/mol. The fraction of sp³-hybridized carbons (Fsp3) is 0.432. The molecule has 0 aliphatic carbocycles. The van der Waals surface area contributed by atoms with E-state index in [1.807, 2.05) is 37.3 Å². The first-order valence-corrected chi connectivity index (χ1v) is 15.4. The number of aliphatic hydroxyl groups excluding tert-OH is 1. The number of nitrogens with one attached hydrogen (secondary N) is 1. The van der Waals surface area contributed by atoms with Crippen molar-refractivity contribution in [1.82, 2.24) is 19.8 Å². The molecule has 222 valence electrons. The number of nitrogens with zero attached hydrogens (tertiary/aromatic N) is 3. The second-order valence-corrected chi connectivity index (χ2v) is 14.0. The molecule has 4 aromatic rings. The number of rotatable bonds is 7. The maximum atomic E-state index is 11.2. The number of aromatic nitrogens is 2. The first-order chi connectivity index (χ1) is 19.9. The Morgan fingerprint density at radius 1 is 0.738 bits per heavy atom. The molecule has 1 aliphatic rings. The van der Waals surface area contributed by atoms with Crippen LogP contribution in [-0.4, -0.2) is 57.6 Å².